The number of benzene rings is 1. The second-order valence-electron chi connectivity index (χ2n) is 6.94. The Morgan fingerprint density at radius 3 is 2.31 bits per heavy atom. The zero-order chi connectivity index (χ0) is 19.2. The molecule has 0 aliphatic heterocycles. The van der Waals surface area contributed by atoms with Crippen LogP contribution in [-0.2, 0) is 20.8 Å². The Balaban J connectivity index is 2.23. The molecule has 142 valence electrons. The summed E-state index contributed by atoms with van der Waals surface area (Å²) in [6.45, 7) is 0. The number of nitrogens with one attached hydrogen (secondary N) is 1. The van der Waals surface area contributed by atoms with Gasteiger partial charge in [0.05, 0.1) is 0 Å². The van der Waals surface area contributed by atoms with E-state index in [0.29, 0.717) is 19.3 Å². The molecule has 0 saturated heterocycles. The molecular weight excluding hydrogens is 334 g/mol. The molecule has 0 heterocycles. The van der Waals surface area contributed by atoms with Gasteiger partial charge < -0.3 is 10.4 Å². The number of carboxylic acids is 1. The molecule has 1 fully saturated rings. The van der Waals surface area contributed by atoms with E-state index in [-0.39, 0.29) is 6.42 Å². The van der Waals surface area contributed by atoms with Crippen molar-refractivity contribution in [2.75, 3.05) is 14.1 Å². The second kappa shape index (κ2) is 8.80. The van der Waals surface area contributed by atoms with Crippen LogP contribution in [0.25, 0.3) is 0 Å². The van der Waals surface area contributed by atoms with E-state index in [0.717, 1.165) is 24.8 Å². The van der Waals surface area contributed by atoms with Crippen LogP contribution >= 0.6 is 0 Å². The van der Waals surface area contributed by atoms with Crippen LogP contribution in [0.5, 0.6) is 0 Å². The van der Waals surface area contributed by atoms with Crippen LogP contribution in [0.2, 0.25) is 0 Å². The van der Waals surface area contributed by atoms with Crippen molar-refractivity contribution in [3.63, 3.8) is 0 Å². The zero-order valence-electron chi connectivity index (χ0n) is 15.4. The molecule has 0 aromatic heterocycles. The highest BCUT2D eigenvalue weighted by molar-refractivity contribution is 5.91. The lowest BCUT2D eigenvalue weighted by molar-refractivity contribution is -0.163. The molecule has 1 saturated carbocycles. The Morgan fingerprint density at radius 2 is 1.81 bits per heavy atom. The fourth-order valence-electron chi connectivity index (χ4n) is 3.62. The van der Waals surface area contributed by atoms with Gasteiger partial charge in [-0.15, -0.1) is 0 Å². The van der Waals surface area contributed by atoms with E-state index in [1.165, 1.54) is 5.01 Å². The molecule has 1 aliphatic carbocycles. The number of aliphatic carboxylic acids is 1. The predicted octanol–water partition coefficient (Wildman–Crippen LogP) is 1.44. The standard InChI is InChI=1S/C19H27N3O4/c1-21(2)22(14-23)19(11-7-4-8-12-19)18(26)20-16(17(24)25)13-15-9-5-3-6-10-15/h3,5-6,9-10,14,16H,4,7-8,11-13H2,1-2H3,(H,20,26)(H,24,25). The minimum Gasteiger partial charge on any atom is -0.480 e. The molecule has 2 amide bonds. The largest absolute Gasteiger partial charge is 0.480 e. The van der Waals surface area contributed by atoms with Crippen molar-refractivity contribution in [1.82, 2.24) is 15.3 Å². The normalized spacial score (nSPS) is 17.3. The van der Waals surface area contributed by atoms with Crippen molar-refractivity contribution in [2.45, 2.75) is 50.1 Å². The summed E-state index contributed by atoms with van der Waals surface area (Å²) in [4.78, 5) is 36.5. The highest BCUT2D eigenvalue weighted by atomic mass is 16.4. The van der Waals surface area contributed by atoms with Crippen LogP contribution < -0.4 is 5.32 Å². The predicted molar refractivity (Wildman–Crippen MR) is 97.1 cm³/mol. The lowest BCUT2D eigenvalue weighted by atomic mass is 9.80. The number of hydrogen-bond acceptors (Lipinski definition) is 4. The number of carboxylic acid groups (broad SMARTS) is 1. The van der Waals surface area contributed by atoms with Crippen molar-refractivity contribution in [1.29, 1.82) is 0 Å². The molecular formula is C19H27N3O4. The van der Waals surface area contributed by atoms with Crippen molar-refractivity contribution < 1.29 is 19.5 Å². The molecule has 1 aliphatic rings. The molecule has 2 N–H and O–H groups in total. The van der Waals surface area contributed by atoms with E-state index in [2.05, 4.69) is 5.32 Å². The number of hydrogen-bond donors (Lipinski definition) is 2. The summed E-state index contributed by atoms with van der Waals surface area (Å²) in [7, 11) is 3.41. The number of rotatable bonds is 8. The molecule has 26 heavy (non-hydrogen) atoms. The highest BCUT2D eigenvalue weighted by Gasteiger charge is 2.46. The van der Waals surface area contributed by atoms with Gasteiger partial charge in [0.25, 0.3) is 0 Å². The second-order valence-corrected chi connectivity index (χ2v) is 6.94. The average molecular weight is 361 g/mol. The molecule has 2 rings (SSSR count). The topological polar surface area (TPSA) is 90.0 Å². The van der Waals surface area contributed by atoms with Gasteiger partial charge in [-0.05, 0) is 18.4 Å². The minimum absolute atomic E-state index is 0.195. The van der Waals surface area contributed by atoms with Gasteiger partial charge in [-0.25, -0.2) is 9.80 Å². The third kappa shape index (κ3) is 4.40. The maximum Gasteiger partial charge on any atom is 0.326 e. The summed E-state index contributed by atoms with van der Waals surface area (Å²) in [6.07, 6.45) is 4.53. The molecule has 1 aromatic carbocycles. The number of hydrazine groups is 1. The first-order valence-electron chi connectivity index (χ1n) is 8.90. The minimum atomic E-state index is -1.09. The third-order valence-electron chi connectivity index (χ3n) is 4.96. The number of carbonyl (C=O) groups excluding carboxylic acids is 2. The molecule has 0 spiro atoms. The van der Waals surface area contributed by atoms with Gasteiger partial charge in [-0.2, -0.15) is 0 Å². The van der Waals surface area contributed by atoms with E-state index >= 15 is 0 Å². The molecule has 1 atom stereocenters. The van der Waals surface area contributed by atoms with E-state index in [9.17, 15) is 19.5 Å². The summed E-state index contributed by atoms with van der Waals surface area (Å²) in [6, 6.07) is 8.14. The molecule has 7 heteroatoms. The summed E-state index contributed by atoms with van der Waals surface area (Å²) in [5.41, 5.74) is -0.203. The Labute approximate surface area is 153 Å². The lowest BCUT2D eigenvalue weighted by Crippen LogP contribution is -2.64. The van der Waals surface area contributed by atoms with Crippen LogP contribution in [0.4, 0.5) is 0 Å². The number of nitrogens with zero attached hydrogens (tertiary/aromatic N) is 2. The monoisotopic (exact) mass is 361 g/mol. The smallest absolute Gasteiger partial charge is 0.326 e. The molecule has 1 aromatic rings. The van der Waals surface area contributed by atoms with E-state index in [1.54, 1.807) is 19.1 Å². The molecule has 1 unspecified atom stereocenters. The highest BCUT2D eigenvalue weighted by Crippen LogP contribution is 2.34. The molecule has 7 nitrogen and oxygen atoms in total. The lowest BCUT2D eigenvalue weighted by Gasteiger charge is -2.45. The third-order valence-corrected chi connectivity index (χ3v) is 4.96. The van der Waals surface area contributed by atoms with Crippen molar-refractivity contribution >= 4 is 18.3 Å². The van der Waals surface area contributed by atoms with Crippen LogP contribution in [0.15, 0.2) is 30.3 Å². The van der Waals surface area contributed by atoms with Gasteiger partial charge >= 0.3 is 5.97 Å². The van der Waals surface area contributed by atoms with Gasteiger partial charge in [0.1, 0.15) is 11.6 Å². The number of carbonyl (C=O) groups is 3. The van der Waals surface area contributed by atoms with E-state index in [4.69, 9.17) is 0 Å². The van der Waals surface area contributed by atoms with E-state index < -0.39 is 23.5 Å². The fourth-order valence-corrected chi connectivity index (χ4v) is 3.62. The Morgan fingerprint density at radius 1 is 1.19 bits per heavy atom. The Bertz CT molecular complexity index is 627. The van der Waals surface area contributed by atoms with E-state index in [1.807, 2.05) is 30.3 Å². The quantitative estimate of drug-likeness (QED) is 0.540. The van der Waals surface area contributed by atoms with Gasteiger partial charge in [-0.1, -0.05) is 49.6 Å². The first-order valence-corrected chi connectivity index (χ1v) is 8.90. The SMILES string of the molecule is CN(C)N(C=O)C1(C(=O)NC(Cc2ccccc2)C(=O)O)CCCCC1. The maximum absolute atomic E-state index is 13.1. The van der Waals surface area contributed by atoms with Crippen LogP contribution in [0.3, 0.4) is 0 Å². The van der Waals surface area contributed by atoms with Crippen molar-refractivity contribution in [3.05, 3.63) is 35.9 Å². The van der Waals surface area contributed by atoms with Gasteiger partial charge in [0, 0.05) is 20.5 Å². The first-order chi connectivity index (χ1) is 12.4. The van der Waals surface area contributed by atoms with Crippen LogP contribution in [0.1, 0.15) is 37.7 Å². The van der Waals surface area contributed by atoms with Crippen molar-refractivity contribution in [2.24, 2.45) is 0 Å². The fraction of sp³-hybridized carbons (Fsp3) is 0.526. The number of amides is 2. The Hall–Kier alpha value is -2.41. The maximum atomic E-state index is 13.1. The summed E-state index contributed by atoms with van der Waals surface area (Å²) in [5, 5.41) is 15.2. The van der Waals surface area contributed by atoms with Gasteiger partial charge in [0.2, 0.25) is 12.3 Å². The first kappa shape index (κ1) is 19.9. The average Bonchev–Trinajstić information content (AvgIpc) is 2.62. The van der Waals surface area contributed by atoms with Crippen LogP contribution in [-0.4, -0.2) is 59.1 Å². The zero-order valence-corrected chi connectivity index (χ0v) is 15.4. The molecule has 0 bridgehead atoms. The summed E-state index contributed by atoms with van der Waals surface area (Å²) in [5.74, 6) is -1.49. The Kier molecular flexibility index (Phi) is 6.74. The van der Waals surface area contributed by atoms with Gasteiger partial charge in [-0.3, -0.25) is 14.6 Å². The van der Waals surface area contributed by atoms with Crippen LogP contribution in [0, 0.1) is 0 Å². The summed E-state index contributed by atoms with van der Waals surface area (Å²) < 4.78 is 0. The summed E-state index contributed by atoms with van der Waals surface area (Å²) >= 11 is 0. The molecule has 0 radical (unpaired) electrons. The van der Waals surface area contributed by atoms with Gasteiger partial charge in [0.15, 0.2) is 0 Å². The van der Waals surface area contributed by atoms with Crippen molar-refractivity contribution in [3.8, 4) is 0 Å².